The van der Waals surface area contributed by atoms with E-state index in [2.05, 4.69) is 39.0 Å². The number of carbonyl (C=O) groups excluding carboxylic acids is 2. The Balaban J connectivity index is 1.37. The first-order chi connectivity index (χ1) is 17.6. The first kappa shape index (κ1) is 23.8. The van der Waals surface area contributed by atoms with Gasteiger partial charge in [-0.15, -0.1) is 0 Å². The summed E-state index contributed by atoms with van der Waals surface area (Å²) in [5.41, 5.74) is 0.0852. The van der Waals surface area contributed by atoms with Crippen LogP contribution in [0.3, 0.4) is 0 Å². The summed E-state index contributed by atoms with van der Waals surface area (Å²) in [5, 5.41) is 11.2. The standard InChI is InChI=1S/C31H39NO5/c1-28(2)19-8-10-30(28,24(33)14-19)16-25(34)31-20-7-6-18(12-20)26(31)29(3)21-15-23(37-5)22(36-4)13-17(21)9-11-32(29)27(31)35/h6-7,13,15,18-20,24,26,33H,8-12,14,16H2,1-5H3/t18-,19-,20+,24-,26+,29-,30-,31-/m1/s1. The number of carbonyl (C=O) groups is 2. The molecule has 2 aliphatic heterocycles. The molecular weight excluding hydrogens is 466 g/mol. The molecule has 0 radical (unpaired) electrons. The van der Waals surface area contributed by atoms with E-state index in [-0.39, 0.29) is 34.9 Å². The number of ether oxygens (including phenoxy) is 2. The number of hydrogen-bond acceptors (Lipinski definition) is 5. The minimum Gasteiger partial charge on any atom is -0.493 e. The Morgan fingerprint density at radius 1 is 1.11 bits per heavy atom. The van der Waals surface area contributed by atoms with Crippen LogP contribution in [0.25, 0.3) is 0 Å². The third-order valence-corrected chi connectivity index (χ3v) is 12.5. The van der Waals surface area contributed by atoms with Crippen molar-refractivity contribution in [2.75, 3.05) is 20.8 Å². The molecule has 7 rings (SSSR count). The molecule has 2 heterocycles. The number of methoxy groups -OCH3 is 2. The van der Waals surface area contributed by atoms with E-state index in [9.17, 15) is 14.7 Å². The molecular formula is C31H39NO5. The van der Waals surface area contributed by atoms with Gasteiger partial charge in [-0.1, -0.05) is 26.0 Å². The lowest BCUT2D eigenvalue weighted by atomic mass is 9.56. The van der Waals surface area contributed by atoms with Crippen LogP contribution < -0.4 is 9.47 Å². The van der Waals surface area contributed by atoms with Crippen LogP contribution in [0.15, 0.2) is 24.3 Å². The monoisotopic (exact) mass is 505 g/mol. The van der Waals surface area contributed by atoms with Crippen LogP contribution in [-0.4, -0.2) is 48.6 Å². The van der Waals surface area contributed by atoms with Crippen molar-refractivity contribution in [3.8, 4) is 11.5 Å². The number of Topliss-reactive ketones (excluding diaryl/α,β-unsaturated/α-hetero) is 1. The number of amides is 1. The number of fused-ring (bicyclic) bond motifs is 11. The number of hydrogen-bond donors (Lipinski definition) is 1. The Morgan fingerprint density at radius 3 is 2.49 bits per heavy atom. The summed E-state index contributed by atoms with van der Waals surface area (Å²) in [6.45, 7) is 7.26. The van der Waals surface area contributed by atoms with Gasteiger partial charge in [-0.05, 0) is 85.5 Å². The van der Waals surface area contributed by atoms with Crippen molar-refractivity contribution in [2.45, 2.75) is 70.9 Å². The SMILES string of the molecule is COc1cc2c(cc1OC)[C@]1(C)[C@@H]3[C@@H]4C=C[C@@H](C4)[C@]3(C(=O)C[C@]34CC[C@H](C[C@H]3O)C4(C)C)C(=O)N1CC2. The van der Waals surface area contributed by atoms with Crippen molar-refractivity contribution >= 4 is 11.7 Å². The summed E-state index contributed by atoms with van der Waals surface area (Å²) in [7, 11) is 3.29. The molecule has 198 valence electrons. The van der Waals surface area contributed by atoms with Gasteiger partial charge >= 0.3 is 0 Å². The minimum atomic E-state index is -1.05. The number of aliphatic hydroxyl groups excluding tert-OH is 1. The average molecular weight is 506 g/mol. The fourth-order valence-corrected chi connectivity index (χ4v) is 10.5. The minimum absolute atomic E-state index is 0.0125. The summed E-state index contributed by atoms with van der Waals surface area (Å²) >= 11 is 0. The van der Waals surface area contributed by atoms with Gasteiger partial charge in [-0.3, -0.25) is 9.59 Å². The zero-order chi connectivity index (χ0) is 26.1. The van der Waals surface area contributed by atoms with Crippen LogP contribution >= 0.6 is 0 Å². The maximum absolute atomic E-state index is 14.8. The second-order valence-corrected chi connectivity index (χ2v) is 13.4. The quantitative estimate of drug-likeness (QED) is 0.478. The first-order valence-corrected chi connectivity index (χ1v) is 14.0. The second-order valence-electron chi connectivity index (χ2n) is 13.4. The number of rotatable bonds is 5. The summed E-state index contributed by atoms with van der Waals surface area (Å²) in [6, 6.07) is 4.11. The van der Waals surface area contributed by atoms with Gasteiger partial charge in [0.15, 0.2) is 11.5 Å². The van der Waals surface area contributed by atoms with Gasteiger partial charge in [-0.25, -0.2) is 0 Å². The van der Waals surface area contributed by atoms with E-state index in [0.717, 1.165) is 37.7 Å². The molecule has 1 aromatic carbocycles. The highest BCUT2D eigenvalue weighted by Crippen LogP contribution is 2.72. The molecule has 4 bridgehead atoms. The van der Waals surface area contributed by atoms with Crippen molar-refractivity contribution in [3.63, 3.8) is 0 Å². The largest absolute Gasteiger partial charge is 0.493 e. The molecule has 1 saturated heterocycles. The van der Waals surface area contributed by atoms with E-state index in [1.54, 1.807) is 14.2 Å². The van der Waals surface area contributed by atoms with E-state index >= 15 is 0 Å². The molecule has 6 nitrogen and oxygen atoms in total. The molecule has 4 fully saturated rings. The van der Waals surface area contributed by atoms with Gasteiger partial charge in [0.05, 0.1) is 25.9 Å². The lowest BCUT2D eigenvalue weighted by Crippen LogP contribution is -2.51. The number of nitrogens with zero attached hydrogens (tertiary/aromatic N) is 1. The molecule has 1 amide bonds. The van der Waals surface area contributed by atoms with Crippen molar-refractivity contribution < 1.29 is 24.2 Å². The normalized spacial score (nSPS) is 43.7. The second kappa shape index (κ2) is 7.19. The van der Waals surface area contributed by atoms with Crippen molar-refractivity contribution in [1.29, 1.82) is 0 Å². The smallest absolute Gasteiger partial charge is 0.238 e. The predicted octanol–water partition coefficient (Wildman–Crippen LogP) is 4.27. The number of aliphatic hydroxyl groups is 1. The van der Waals surface area contributed by atoms with E-state index in [4.69, 9.17) is 9.47 Å². The lowest BCUT2D eigenvalue weighted by molar-refractivity contribution is -0.150. The van der Waals surface area contributed by atoms with Gasteiger partial charge in [0, 0.05) is 24.3 Å². The zero-order valence-electron chi connectivity index (χ0n) is 22.7. The molecule has 3 saturated carbocycles. The lowest BCUT2D eigenvalue weighted by Gasteiger charge is -2.46. The van der Waals surface area contributed by atoms with Crippen LogP contribution in [-0.2, 0) is 21.5 Å². The van der Waals surface area contributed by atoms with Gasteiger partial charge in [0.1, 0.15) is 11.2 Å². The average Bonchev–Trinajstić information content (AvgIpc) is 3.62. The fourth-order valence-electron chi connectivity index (χ4n) is 10.5. The van der Waals surface area contributed by atoms with Crippen LogP contribution in [0.5, 0.6) is 11.5 Å². The van der Waals surface area contributed by atoms with Crippen LogP contribution in [0.1, 0.15) is 64.0 Å². The number of ketones is 1. The molecule has 0 spiro atoms. The predicted molar refractivity (Wildman–Crippen MR) is 138 cm³/mol. The summed E-state index contributed by atoms with van der Waals surface area (Å²) in [5.74, 6) is 1.88. The number of benzene rings is 1. The van der Waals surface area contributed by atoms with Gasteiger partial charge < -0.3 is 19.5 Å². The van der Waals surface area contributed by atoms with Crippen molar-refractivity contribution in [2.24, 2.45) is 39.9 Å². The van der Waals surface area contributed by atoms with Crippen LogP contribution in [0, 0.1) is 39.9 Å². The molecule has 6 aliphatic rings. The van der Waals surface area contributed by atoms with Gasteiger partial charge in [0.2, 0.25) is 5.91 Å². The van der Waals surface area contributed by atoms with E-state index < -0.39 is 22.5 Å². The fraction of sp³-hybridized carbons (Fsp3) is 0.677. The van der Waals surface area contributed by atoms with Crippen molar-refractivity contribution in [3.05, 3.63) is 35.4 Å². The van der Waals surface area contributed by atoms with E-state index in [1.165, 1.54) is 5.56 Å². The highest BCUT2D eigenvalue weighted by Gasteiger charge is 2.78. The first-order valence-electron chi connectivity index (χ1n) is 14.0. The summed E-state index contributed by atoms with van der Waals surface area (Å²) < 4.78 is 11.3. The van der Waals surface area contributed by atoms with Gasteiger partial charge in [0.25, 0.3) is 0 Å². The molecule has 6 heteroatoms. The molecule has 4 aliphatic carbocycles. The molecule has 0 aromatic heterocycles. The topological polar surface area (TPSA) is 76.1 Å². The highest BCUT2D eigenvalue weighted by atomic mass is 16.5. The van der Waals surface area contributed by atoms with Crippen LogP contribution in [0.4, 0.5) is 0 Å². The van der Waals surface area contributed by atoms with E-state index in [1.807, 2.05) is 11.0 Å². The third kappa shape index (κ3) is 2.44. The summed E-state index contributed by atoms with van der Waals surface area (Å²) in [6.07, 6.45) is 8.54. The Labute approximate surface area is 219 Å². The van der Waals surface area contributed by atoms with Crippen LogP contribution in [0.2, 0.25) is 0 Å². The van der Waals surface area contributed by atoms with Crippen molar-refractivity contribution in [1.82, 2.24) is 4.90 Å². The Kier molecular flexibility index (Phi) is 4.62. The Morgan fingerprint density at radius 2 is 1.84 bits per heavy atom. The third-order valence-electron chi connectivity index (χ3n) is 12.5. The van der Waals surface area contributed by atoms with E-state index in [0.29, 0.717) is 30.4 Å². The maximum Gasteiger partial charge on any atom is 0.238 e. The van der Waals surface area contributed by atoms with Gasteiger partial charge in [-0.2, -0.15) is 0 Å². The molecule has 0 unspecified atom stereocenters. The zero-order valence-corrected chi connectivity index (χ0v) is 22.7. The molecule has 1 aromatic rings. The Hall–Kier alpha value is -2.34. The Bertz CT molecular complexity index is 1250. The molecule has 37 heavy (non-hydrogen) atoms. The molecule has 1 N–H and O–H groups in total. The highest BCUT2D eigenvalue weighted by molar-refractivity contribution is 6.10. The maximum atomic E-state index is 14.8. The summed E-state index contributed by atoms with van der Waals surface area (Å²) in [4.78, 5) is 31.5. The molecule has 8 atom stereocenters. The number of allylic oxidation sites excluding steroid dienone is 2.